The van der Waals surface area contributed by atoms with Crippen LogP contribution in [0.4, 0.5) is 0 Å². The van der Waals surface area contributed by atoms with Gasteiger partial charge in [-0.1, -0.05) is 28.9 Å². The minimum Gasteiger partial charge on any atom is -0.452 e. The Bertz CT molecular complexity index is 853. The van der Waals surface area contributed by atoms with E-state index in [1.807, 2.05) is 0 Å². The molecule has 0 unspecified atom stereocenters. The first kappa shape index (κ1) is 15.6. The Morgan fingerprint density at radius 3 is 2.96 bits per heavy atom. The number of rotatable bonds is 4. The fourth-order valence-electron chi connectivity index (χ4n) is 1.79. The number of nitrogens with zero attached hydrogens (tertiary/aromatic N) is 3. The third-order valence-electron chi connectivity index (χ3n) is 2.82. The second-order valence-electron chi connectivity index (χ2n) is 4.49. The van der Waals surface area contributed by atoms with E-state index < -0.39 is 5.97 Å². The normalized spacial score (nSPS) is 10.5. The van der Waals surface area contributed by atoms with Crippen molar-refractivity contribution in [2.75, 3.05) is 0 Å². The summed E-state index contributed by atoms with van der Waals surface area (Å²) < 4.78 is 10.9. The van der Waals surface area contributed by atoms with E-state index in [2.05, 4.69) is 31.1 Å². The van der Waals surface area contributed by atoms with Crippen LogP contribution in [0.3, 0.4) is 0 Å². The molecule has 0 fully saturated rings. The summed E-state index contributed by atoms with van der Waals surface area (Å²) in [5, 5.41) is 4.41. The maximum atomic E-state index is 11.9. The number of halogens is 2. The highest BCUT2D eigenvalue weighted by Gasteiger charge is 2.13. The van der Waals surface area contributed by atoms with Crippen molar-refractivity contribution in [1.82, 2.24) is 15.1 Å². The van der Waals surface area contributed by atoms with Crippen molar-refractivity contribution in [2.24, 2.45) is 0 Å². The van der Waals surface area contributed by atoms with Crippen LogP contribution in [-0.4, -0.2) is 21.1 Å². The highest BCUT2D eigenvalue weighted by molar-refractivity contribution is 9.10. The molecule has 0 saturated carbocycles. The van der Waals surface area contributed by atoms with Crippen LogP contribution >= 0.6 is 27.5 Å². The summed E-state index contributed by atoms with van der Waals surface area (Å²) in [4.78, 5) is 20.0. The third kappa shape index (κ3) is 3.94. The fourth-order valence-corrected chi connectivity index (χ4v) is 2.35. The Kier molecular flexibility index (Phi) is 4.68. The van der Waals surface area contributed by atoms with E-state index in [1.165, 1.54) is 6.20 Å². The van der Waals surface area contributed by atoms with Gasteiger partial charge in [0.15, 0.2) is 6.61 Å². The molecule has 0 spiro atoms. The quantitative estimate of drug-likeness (QED) is 0.624. The zero-order chi connectivity index (χ0) is 16.2. The molecular formula is C15H9BrClN3O3. The Hall–Kier alpha value is -2.25. The smallest absolute Gasteiger partial charge is 0.340 e. The monoisotopic (exact) mass is 393 g/mol. The van der Waals surface area contributed by atoms with Gasteiger partial charge in [0, 0.05) is 27.5 Å². The highest BCUT2D eigenvalue weighted by Crippen LogP contribution is 2.20. The number of hydrogen-bond donors (Lipinski definition) is 0. The van der Waals surface area contributed by atoms with Crippen molar-refractivity contribution in [1.29, 1.82) is 0 Å². The Morgan fingerprint density at radius 1 is 1.30 bits per heavy atom. The second-order valence-corrected chi connectivity index (χ2v) is 5.84. The molecule has 0 bridgehead atoms. The number of pyridine rings is 1. The molecule has 2 heterocycles. The molecule has 0 atom stereocenters. The molecule has 8 heteroatoms. The van der Waals surface area contributed by atoms with Gasteiger partial charge in [-0.25, -0.2) is 4.79 Å². The third-order valence-corrected chi connectivity index (χ3v) is 3.49. The molecule has 0 aliphatic heterocycles. The van der Waals surface area contributed by atoms with Crippen LogP contribution in [-0.2, 0) is 11.3 Å². The minimum atomic E-state index is -0.527. The molecule has 6 nitrogen and oxygen atoms in total. The number of benzene rings is 1. The lowest BCUT2D eigenvalue weighted by atomic mass is 10.2. The fraction of sp³-hybridized carbons (Fsp3) is 0.0667. The van der Waals surface area contributed by atoms with Gasteiger partial charge in [-0.05, 0) is 34.1 Å². The van der Waals surface area contributed by atoms with Crippen molar-refractivity contribution in [3.8, 4) is 11.4 Å². The molecular weight excluding hydrogens is 386 g/mol. The van der Waals surface area contributed by atoms with E-state index in [4.69, 9.17) is 20.9 Å². The topological polar surface area (TPSA) is 78.1 Å². The SMILES string of the molecule is O=C(OCc1nc(-c2cccc(Cl)c2)no1)c1cncc(Br)c1. The number of carbonyl (C=O) groups is 1. The molecule has 0 amide bonds. The number of ether oxygens (including phenoxy) is 1. The van der Waals surface area contributed by atoms with Crippen molar-refractivity contribution in [3.05, 3.63) is 63.7 Å². The van der Waals surface area contributed by atoms with Crippen LogP contribution in [0.1, 0.15) is 16.2 Å². The largest absolute Gasteiger partial charge is 0.452 e. The molecule has 2 aromatic heterocycles. The van der Waals surface area contributed by atoms with Gasteiger partial charge in [-0.2, -0.15) is 4.98 Å². The minimum absolute atomic E-state index is 0.126. The van der Waals surface area contributed by atoms with Gasteiger partial charge in [-0.3, -0.25) is 4.98 Å². The van der Waals surface area contributed by atoms with E-state index in [1.54, 1.807) is 36.5 Å². The van der Waals surface area contributed by atoms with Crippen LogP contribution in [0.5, 0.6) is 0 Å². The van der Waals surface area contributed by atoms with E-state index in [9.17, 15) is 4.79 Å². The molecule has 3 aromatic rings. The summed E-state index contributed by atoms with van der Waals surface area (Å²) in [6.45, 7) is -0.126. The lowest BCUT2D eigenvalue weighted by Gasteiger charge is -2.01. The zero-order valence-electron chi connectivity index (χ0n) is 11.6. The standard InChI is InChI=1S/C15H9BrClN3O3/c16-11-4-10(6-18-7-11)15(21)22-8-13-19-14(20-23-13)9-2-1-3-12(17)5-9/h1-7H,8H2. The number of esters is 1. The van der Waals surface area contributed by atoms with Gasteiger partial charge in [-0.15, -0.1) is 0 Å². The maximum absolute atomic E-state index is 11.9. The predicted octanol–water partition coefficient (Wildman–Crippen LogP) is 3.90. The summed E-state index contributed by atoms with van der Waals surface area (Å²) in [6, 6.07) is 8.67. The molecule has 3 rings (SSSR count). The Labute approximate surface area is 144 Å². The molecule has 0 aliphatic rings. The van der Waals surface area contributed by atoms with Crippen molar-refractivity contribution in [2.45, 2.75) is 6.61 Å². The summed E-state index contributed by atoms with van der Waals surface area (Å²) in [7, 11) is 0. The highest BCUT2D eigenvalue weighted by atomic mass is 79.9. The Balaban J connectivity index is 1.67. The molecule has 0 aliphatic carbocycles. The first-order chi connectivity index (χ1) is 11.1. The van der Waals surface area contributed by atoms with Gasteiger partial charge < -0.3 is 9.26 Å². The lowest BCUT2D eigenvalue weighted by molar-refractivity contribution is 0.0429. The van der Waals surface area contributed by atoms with Gasteiger partial charge in [0.25, 0.3) is 5.89 Å². The first-order valence-corrected chi connectivity index (χ1v) is 7.65. The van der Waals surface area contributed by atoms with Crippen LogP contribution in [0.2, 0.25) is 5.02 Å². The first-order valence-electron chi connectivity index (χ1n) is 6.48. The predicted molar refractivity (Wildman–Crippen MR) is 85.8 cm³/mol. The molecule has 1 aromatic carbocycles. The van der Waals surface area contributed by atoms with Crippen molar-refractivity contribution < 1.29 is 14.1 Å². The van der Waals surface area contributed by atoms with Crippen molar-refractivity contribution >= 4 is 33.5 Å². The van der Waals surface area contributed by atoms with Crippen LogP contribution < -0.4 is 0 Å². The Morgan fingerprint density at radius 2 is 2.17 bits per heavy atom. The summed E-state index contributed by atoms with van der Waals surface area (Å²) >= 11 is 9.16. The average molecular weight is 395 g/mol. The van der Waals surface area contributed by atoms with E-state index in [0.29, 0.717) is 20.9 Å². The summed E-state index contributed by atoms with van der Waals surface area (Å²) in [5.74, 6) is 0.0419. The van der Waals surface area contributed by atoms with Crippen LogP contribution in [0.15, 0.2) is 51.7 Å². The van der Waals surface area contributed by atoms with Gasteiger partial charge in [0.1, 0.15) is 0 Å². The van der Waals surface area contributed by atoms with Crippen LogP contribution in [0.25, 0.3) is 11.4 Å². The van der Waals surface area contributed by atoms with Crippen LogP contribution in [0, 0.1) is 0 Å². The van der Waals surface area contributed by atoms with E-state index in [-0.39, 0.29) is 12.5 Å². The van der Waals surface area contributed by atoms with E-state index in [0.717, 1.165) is 5.56 Å². The van der Waals surface area contributed by atoms with Crippen molar-refractivity contribution in [3.63, 3.8) is 0 Å². The molecule has 0 saturated heterocycles. The molecule has 0 N–H and O–H groups in total. The van der Waals surface area contributed by atoms with Gasteiger partial charge in [0.05, 0.1) is 5.56 Å². The number of aromatic nitrogens is 3. The van der Waals surface area contributed by atoms with Gasteiger partial charge >= 0.3 is 5.97 Å². The molecule has 116 valence electrons. The second kappa shape index (κ2) is 6.89. The summed E-state index contributed by atoms with van der Waals surface area (Å²) in [5.41, 5.74) is 1.05. The summed E-state index contributed by atoms with van der Waals surface area (Å²) in [6.07, 6.45) is 2.99. The van der Waals surface area contributed by atoms with E-state index >= 15 is 0 Å². The van der Waals surface area contributed by atoms with Gasteiger partial charge in [0.2, 0.25) is 5.82 Å². The number of carbonyl (C=O) groups excluding carboxylic acids is 1. The molecule has 0 radical (unpaired) electrons. The molecule has 23 heavy (non-hydrogen) atoms. The zero-order valence-corrected chi connectivity index (χ0v) is 13.9. The number of hydrogen-bond acceptors (Lipinski definition) is 6. The average Bonchev–Trinajstić information content (AvgIpc) is 3.01. The lowest BCUT2D eigenvalue weighted by Crippen LogP contribution is -2.05. The maximum Gasteiger partial charge on any atom is 0.340 e.